The van der Waals surface area contributed by atoms with E-state index < -0.39 is 10.0 Å². The zero-order valence-corrected chi connectivity index (χ0v) is 13.5. The number of nitrogens with zero attached hydrogens (tertiary/aromatic N) is 1. The Morgan fingerprint density at radius 1 is 1.35 bits per heavy atom. The highest BCUT2D eigenvalue weighted by atomic mass is 32.2. The van der Waals surface area contributed by atoms with Gasteiger partial charge < -0.3 is 11.1 Å². The summed E-state index contributed by atoms with van der Waals surface area (Å²) in [5.74, 6) is 0. The number of hydrogen-bond donors (Lipinski definition) is 2. The molecule has 0 radical (unpaired) electrons. The maximum absolute atomic E-state index is 12.0. The zero-order valence-electron chi connectivity index (χ0n) is 12.7. The molecular weight excluding hydrogens is 274 g/mol. The highest BCUT2D eigenvalue weighted by Gasteiger charge is 2.18. The van der Waals surface area contributed by atoms with Crippen LogP contribution >= 0.6 is 0 Å². The number of unbranched alkanes of at least 4 members (excludes halogenated alkanes) is 1. The van der Waals surface area contributed by atoms with Crippen LogP contribution in [-0.2, 0) is 10.0 Å². The van der Waals surface area contributed by atoms with Crippen LogP contribution in [0.4, 0.5) is 11.4 Å². The maximum atomic E-state index is 12.0. The first-order valence-corrected chi connectivity index (χ1v) is 8.31. The van der Waals surface area contributed by atoms with E-state index in [2.05, 4.69) is 19.2 Å². The quantitative estimate of drug-likeness (QED) is 0.759. The van der Waals surface area contributed by atoms with Gasteiger partial charge in [-0.25, -0.2) is 12.7 Å². The summed E-state index contributed by atoms with van der Waals surface area (Å²) in [6.07, 6.45) is 3.37. The van der Waals surface area contributed by atoms with E-state index in [-0.39, 0.29) is 4.90 Å². The van der Waals surface area contributed by atoms with Crippen LogP contribution in [0.5, 0.6) is 0 Å². The molecule has 0 amide bonds. The van der Waals surface area contributed by atoms with Crippen molar-refractivity contribution in [1.82, 2.24) is 4.31 Å². The van der Waals surface area contributed by atoms with Crippen molar-refractivity contribution in [1.29, 1.82) is 0 Å². The van der Waals surface area contributed by atoms with Gasteiger partial charge in [0.15, 0.2) is 0 Å². The van der Waals surface area contributed by atoms with Gasteiger partial charge in [-0.1, -0.05) is 19.8 Å². The Bertz CT molecular complexity index is 541. The summed E-state index contributed by atoms with van der Waals surface area (Å²) < 4.78 is 25.2. The van der Waals surface area contributed by atoms with Crippen LogP contribution in [0.25, 0.3) is 0 Å². The average Bonchev–Trinajstić information content (AvgIpc) is 2.38. The molecule has 0 bridgehead atoms. The molecule has 114 valence electrons. The molecule has 1 rings (SSSR count). The third-order valence-electron chi connectivity index (χ3n) is 3.19. The van der Waals surface area contributed by atoms with Crippen molar-refractivity contribution in [2.75, 3.05) is 25.1 Å². The molecule has 0 aliphatic rings. The van der Waals surface area contributed by atoms with Gasteiger partial charge in [0.2, 0.25) is 10.0 Å². The van der Waals surface area contributed by atoms with Gasteiger partial charge in [-0.15, -0.1) is 0 Å². The van der Waals surface area contributed by atoms with Crippen molar-refractivity contribution in [3.8, 4) is 0 Å². The average molecular weight is 299 g/mol. The van der Waals surface area contributed by atoms with Crippen LogP contribution in [0.3, 0.4) is 0 Å². The molecule has 0 saturated carbocycles. The normalized spacial score (nSPS) is 13.4. The summed E-state index contributed by atoms with van der Waals surface area (Å²) in [5.41, 5.74) is 7.19. The molecule has 0 aromatic heterocycles. The van der Waals surface area contributed by atoms with Crippen molar-refractivity contribution in [2.24, 2.45) is 0 Å². The number of nitrogens with two attached hydrogens (primary N) is 1. The lowest BCUT2D eigenvalue weighted by Crippen LogP contribution is -2.22. The van der Waals surface area contributed by atoms with Crippen LogP contribution in [0.2, 0.25) is 0 Å². The van der Waals surface area contributed by atoms with Gasteiger partial charge in [-0.3, -0.25) is 0 Å². The van der Waals surface area contributed by atoms with Crippen LogP contribution in [0.1, 0.15) is 33.1 Å². The van der Waals surface area contributed by atoms with Gasteiger partial charge >= 0.3 is 0 Å². The first kappa shape index (κ1) is 16.8. The molecular formula is C14H25N3O2S. The molecule has 1 aromatic carbocycles. The van der Waals surface area contributed by atoms with Crippen LogP contribution < -0.4 is 11.1 Å². The minimum Gasteiger partial charge on any atom is -0.397 e. The Kier molecular flexibility index (Phi) is 5.83. The molecule has 6 heteroatoms. The Labute approximate surface area is 122 Å². The summed E-state index contributed by atoms with van der Waals surface area (Å²) in [7, 11) is -0.424. The number of rotatable bonds is 7. The van der Waals surface area contributed by atoms with E-state index in [1.807, 2.05) is 0 Å². The predicted molar refractivity (Wildman–Crippen MR) is 84.3 cm³/mol. The molecule has 20 heavy (non-hydrogen) atoms. The number of nitrogens with one attached hydrogen (secondary N) is 1. The molecule has 5 nitrogen and oxygen atoms in total. The predicted octanol–water partition coefficient (Wildman–Crippen LogP) is 2.51. The number of sulfonamides is 1. The SMILES string of the molecule is CCCCC(C)Nc1ccc(S(=O)(=O)N(C)C)cc1N. The van der Waals surface area contributed by atoms with E-state index in [1.165, 1.54) is 24.5 Å². The van der Waals surface area contributed by atoms with Gasteiger partial charge in [0.1, 0.15) is 0 Å². The Balaban J connectivity index is 2.89. The molecule has 0 aliphatic carbocycles. The fraction of sp³-hybridized carbons (Fsp3) is 0.571. The smallest absolute Gasteiger partial charge is 0.242 e. The van der Waals surface area contributed by atoms with Gasteiger partial charge in [0, 0.05) is 20.1 Å². The highest BCUT2D eigenvalue weighted by molar-refractivity contribution is 7.89. The van der Waals surface area contributed by atoms with Crippen LogP contribution in [0.15, 0.2) is 23.1 Å². The van der Waals surface area contributed by atoms with Crippen molar-refractivity contribution in [2.45, 2.75) is 44.0 Å². The topological polar surface area (TPSA) is 75.4 Å². The first-order chi connectivity index (χ1) is 9.28. The molecule has 0 saturated heterocycles. The second-order valence-corrected chi connectivity index (χ2v) is 7.38. The summed E-state index contributed by atoms with van der Waals surface area (Å²) >= 11 is 0. The molecule has 0 heterocycles. The van der Waals surface area contributed by atoms with Crippen molar-refractivity contribution < 1.29 is 8.42 Å². The monoisotopic (exact) mass is 299 g/mol. The summed E-state index contributed by atoms with van der Waals surface area (Å²) in [6, 6.07) is 5.13. The highest BCUT2D eigenvalue weighted by Crippen LogP contribution is 2.25. The van der Waals surface area contributed by atoms with E-state index >= 15 is 0 Å². The zero-order chi connectivity index (χ0) is 15.3. The van der Waals surface area contributed by atoms with E-state index in [0.717, 1.165) is 24.9 Å². The Morgan fingerprint density at radius 3 is 2.50 bits per heavy atom. The van der Waals surface area contributed by atoms with Gasteiger partial charge in [-0.05, 0) is 31.5 Å². The first-order valence-electron chi connectivity index (χ1n) is 6.87. The molecule has 1 aromatic rings. The molecule has 0 spiro atoms. The standard InChI is InChI=1S/C14H25N3O2S/c1-5-6-7-11(2)16-14-9-8-12(10-13(14)15)20(18,19)17(3)4/h8-11,16H,5-7,15H2,1-4H3. The minimum absolute atomic E-state index is 0.215. The summed E-state index contributed by atoms with van der Waals surface area (Å²) in [4.78, 5) is 0.215. The molecule has 0 aliphatic heterocycles. The number of nitrogen functional groups attached to an aromatic ring is 1. The largest absolute Gasteiger partial charge is 0.397 e. The lowest BCUT2D eigenvalue weighted by molar-refractivity contribution is 0.521. The van der Waals surface area contributed by atoms with Gasteiger partial charge in [0.05, 0.1) is 16.3 Å². The molecule has 3 N–H and O–H groups in total. The summed E-state index contributed by atoms with van der Waals surface area (Å²) in [5, 5.41) is 3.32. The lowest BCUT2D eigenvalue weighted by Gasteiger charge is -2.18. The molecule has 1 atom stereocenters. The van der Waals surface area contributed by atoms with Crippen LogP contribution in [0, 0.1) is 0 Å². The third-order valence-corrected chi connectivity index (χ3v) is 5.01. The Hall–Kier alpha value is -1.27. The maximum Gasteiger partial charge on any atom is 0.242 e. The number of benzene rings is 1. The second-order valence-electron chi connectivity index (χ2n) is 5.22. The Morgan fingerprint density at radius 2 is 2.00 bits per heavy atom. The fourth-order valence-electron chi connectivity index (χ4n) is 1.89. The van der Waals surface area contributed by atoms with Crippen molar-refractivity contribution >= 4 is 21.4 Å². The second kappa shape index (κ2) is 6.95. The van der Waals surface area contributed by atoms with E-state index in [4.69, 9.17) is 5.73 Å². The lowest BCUT2D eigenvalue weighted by atomic mass is 10.1. The number of hydrogen-bond acceptors (Lipinski definition) is 4. The third kappa shape index (κ3) is 4.11. The van der Waals surface area contributed by atoms with Gasteiger partial charge in [0.25, 0.3) is 0 Å². The molecule has 0 fully saturated rings. The minimum atomic E-state index is -3.43. The van der Waals surface area contributed by atoms with Crippen molar-refractivity contribution in [3.63, 3.8) is 0 Å². The van der Waals surface area contributed by atoms with E-state index in [9.17, 15) is 8.42 Å². The van der Waals surface area contributed by atoms with Crippen molar-refractivity contribution in [3.05, 3.63) is 18.2 Å². The molecule has 1 unspecified atom stereocenters. The van der Waals surface area contributed by atoms with E-state index in [0.29, 0.717) is 11.7 Å². The van der Waals surface area contributed by atoms with E-state index in [1.54, 1.807) is 12.1 Å². The van der Waals surface area contributed by atoms with Crippen LogP contribution in [-0.4, -0.2) is 32.9 Å². The summed E-state index contributed by atoms with van der Waals surface area (Å²) in [6.45, 7) is 4.25. The fourth-order valence-corrected chi connectivity index (χ4v) is 2.83. The van der Waals surface area contributed by atoms with Gasteiger partial charge in [-0.2, -0.15) is 0 Å². The number of anilines is 2.